The van der Waals surface area contributed by atoms with Crippen LogP contribution in [-0.4, -0.2) is 17.3 Å². The lowest BCUT2D eigenvalue weighted by Gasteiger charge is -2.09. The van der Waals surface area contributed by atoms with Crippen molar-refractivity contribution in [3.05, 3.63) is 30.3 Å². The molecule has 0 aliphatic rings. The number of hydrogen-bond acceptors (Lipinski definition) is 2. The van der Waals surface area contributed by atoms with Gasteiger partial charge in [-0.2, -0.15) is 0 Å². The minimum atomic E-state index is -0.918. The fourth-order valence-electron chi connectivity index (χ4n) is 0.688. The number of halogens is 1. The summed E-state index contributed by atoms with van der Waals surface area (Å²) in [6.07, 6.45) is -0.918. The van der Waals surface area contributed by atoms with Gasteiger partial charge < -0.3 is 9.84 Å². The van der Waals surface area contributed by atoms with Gasteiger partial charge >= 0.3 is 0 Å². The highest BCUT2D eigenvalue weighted by Crippen LogP contribution is 2.09. The number of benzene rings is 1. The maximum absolute atomic E-state index is 8.96. The smallest absolute Gasteiger partial charge is 0.211 e. The summed E-state index contributed by atoms with van der Waals surface area (Å²) >= 11 is 5.33. The van der Waals surface area contributed by atoms with E-state index >= 15 is 0 Å². The van der Waals surface area contributed by atoms with Crippen LogP contribution in [0.15, 0.2) is 30.3 Å². The predicted octanol–water partition coefficient (Wildman–Crippen LogP) is 1.62. The van der Waals surface area contributed by atoms with Crippen molar-refractivity contribution in [1.29, 1.82) is 0 Å². The van der Waals surface area contributed by atoms with E-state index in [2.05, 4.69) is 0 Å². The van der Waals surface area contributed by atoms with E-state index < -0.39 is 6.29 Å². The second-order valence-corrected chi connectivity index (χ2v) is 2.35. The van der Waals surface area contributed by atoms with Crippen molar-refractivity contribution in [1.82, 2.24) is 0 Å². The highest BCUT2D eigenvalue weighted by atomic mass is 35.5. The molecule has 0 radical (unpaired) electrons. The molecular formula is C8H9ClO2. The van der Waals surface area contributed by atoms with Crippen molar-refractivity contribution < 1.29 is 9.84 Å². The summed E-state index contributed by atoms with van der Waals surface area (Å²) in [4.78, 5) is 0. The number of alkyl halides is 1. The van der Waals surface area contributed by atoms with E-state index in [-0.39, 0.29) is 5.88 Å². The first-order valence-electron chi connectivity index (χ1n) is 3.28. The summed E-state index contributed by atoms with van der Waals surface area (Å²) in [7, 11) is 0. The second kappa shape index (κ2) is 4.21. The number of ether oxygens (including phenoxy) is 1. The fraction of sp³-hybridized carbons (Fsp3) is 0.250. The Bertz CT molecular complexity index is 201. The molecule has 2 nitrogen and oxygen atoms in total. The molecule has 0 aliphatic carbocycles. The molecule has 0 aliphatic heterocycles. The molecule has 0 unspecified atom stereocenters. The molecule has 0 fully saturated rings. The number of aliphatic hydroxyl groups is 1. The summed E-state index contributed by atoms with van der Waals surface area (Å²) in [5.74, 6) is 0.704. The van der Waals surface area contributed by atoms with E-state index in [1.165, 1.54) is 0 Å². The predicted molar refractivity (Wildman–Crippen MR) is 43.8 cm³/mol. The van der Waals surface area contributed by atoms with Gasteiger partial charge in [-0.15, -0.1) is 11.6 Å². The van der Waals surface area contributed by atoms with Crippen molar-refractivity contribution in [2.75, 3.05) is 5.88 Å². The lowest BCUT2D eigenvalue weighted by atomic mass is 10.3. The Balaban J connectivity index is 2.51. The fourth-order valence-corrected chi connectivity index (χ4v) is 0.751. The summed E-state index contributed by atoms with van der Waals surface area (Å²) in [6.45, 7) is 0. The minimum absolute atomic E-state index is 0.0783. The zero-order valence-electron chi connectivity index (χ0n) is 5.90. The Morgan fingerprint density at radius 2 is 2.00 bits per heavy atom. The van der Waals surface area contributed by atoms with Crippen LogP contribution in [0.2, 0.25) is 0 Å². The van der Waals surface area contributed by atoms with Gasteiger partial charge in [-0.25, -0.2) is 0 Å². The molecule has 0 bridgehead atoms. The summed E-state index contributed by atoms with van der Waals surface area (Å²) in [5.41, 5.74) is 0. The van der Waals surface area contributed by atoms with Crippen molar-refractivity contribution in [3.63, 3.8) is 0 Å². The quantitative estimate of drug-likeness (QED) is 0.555. The van der Waals surface area contributed by atoms with Crippen molar-refractivity contribution in [2.45, 2.75) is 6.29 Å². The topological polar surface area (TPSA) is 29.5 Å². The molecule has 0 amide bonds. The van der Waals surface area contributed by atoms with Crippen LogP contribution in [0.3, 0.4) is 0 Å². The average Bonchev–Trinajstić information content (AvgIpc) is 2.06. The average molecular weight is 173 g/mol. The Labute approximate surface area is 70.4 Å². The van der Waals surface area contributed by atoms with Gasteiger partial charge in [0.25, 0.3) is 0 Å². The molecule has 1 atom stereocenters. The van der Waals surface area contributed by atoms with Crippen LogP contribution in [0, 0.1) is 0 Å². The van der Waals surface area contributed by atoms with Crippen LogP contribution < -0.4 is 4.74 Å². The Kier molecular flexibility index (Phi) is 3.20. The normalized spacial score (nSPS) is 12.5. The first kappa shape index (κ1) is 8.37. The number of aliphatic hydroxyl groups excluding tert-OH is 1. The molecule has 1 N–H and O–H groups in total. The number of hydrogen-bond donors (Lipinski definition) is 1. The first-order chi connectivity index (χ1) is 5.33. The highest BCUT2D eigenvalue weighted by molar-refractivity contribution is 6.18. The van der Waals surface area contributed by atoms with Crippen molar-refractivity contribution >= 4 is 11.6 Å². The molecule has 11 heavy (non-hydrogen) atoms. The molecular weight excluding hydrogens is 164 g/mol. The molecule has 0 aromatic heterocycles. The highest BCUT2D eigenvalue weighted by Gasteiger charge is 2.01. The third-order valence-corrected chi connectivity index (χ3v) is 1.41. The zero-order chi connectivity index (χ0) is 8.10. The van der Waals surface area contributed by atoms with E-state index in [0.717, 1.165) is 0 Å². The lowest BCUT2D eigenvalue weighted by molar-refractivity contribution is 0.00271. The first-order valence-corrected chi connectivity index (χ1v) is 3.82. The minimum Gasteiger partial charge on any atom is -0.464 e. The summed E-state index contributed by atoms with van der Waals surface area (Å²) < 4.78 is 4.99. The third-order valence-electron chi connectivity index (χ3n) is 1.15. The maximum Gasteiger partial charge on any atom is 0.211 e. The monoisotopic (exact) mass is 172 g/mol. The Morgan fingerprint density at radius 3 is 2.55 bits per heavy atom. The van der Waals surface area contributed by atoms with Crippen LogP contribution in [0.25, 0.3) is 0 Å². The summed E-state index contributed by atoms with van der Waals surface area (Å²) in [6, 6.07) is 9.05. The lowest BCUT2D eigenvalue weighted by Crippen LogP contribution is -2.16. The van der Waals surface area contributed by atoms with Crippen LogP contribution in [-0.2, 0) is 0 Å². The van der Waals surface area contributed by atoms with Gasteiger partial charge in [0.1, 0.15) is 5.75 Å². The van der Waals surface area contributed by atoms with Gasteiger partial charge in [0, 0.05) is 0 Å². The van der Waals surface area contributed by atoms with Crippen molar-refractivity contribution in [2.24, 2.45) is 0 Å². The van der Waals surface area contributed by atoms with E-state index in [1.54, 1.807) is 12.1 Å². The molecule has 60 valence electrons. The largest absolute Gasteiger partial charge is 0.464 e. The van der Waals surface area contributed by atoms with Gasteiger partial charge in [0.15, 0.2) is 0 Å². The van der Waals surface area contributed by atoms with Gasteiger partial charge in [-0.3, -0.25) is 0 Å². The van der Waals surface area contributed by atoms with Gasteiger partial charge in [-0.05, 0) is 12.1 Å². The number of rotatable bonds is 3. The molecule has 1 aromatic carbocycles. The molecule has 0 saturated carbocycles. The van der Waals surface area contributed by atoms with E-state index in [9.17, 15) is 0 Å². The van der Waals surface area contributed by atoms with Gasteiger partial charge in [-0.1, -0.05) is 18.2 Å². The molecule has 1 rings (SSSR count). The zero-order valence-corrected chi connectivity index (χ0v) is 6.66. The van der Waals surface area contributed by atoms with E-state index in [0.29, 0.717) is 5.75 Å². The van der Waals surface area contributed by atoms with Crippen LogP contribution in [0.4, 0.5) is 0 Å². The second-order valence-electron chi connectivity index (χ2n) is 2.04. The Morgan fingerprint density at radius 1 is 1.36 bits per heavy atom. The van der Waals surface area contributed by atoms with Gasteiger partial charge in [0.05, 0.1) is 5.88 Å². The summed E-state index contributed by atoms with van der Waals surface area (Å²) in [5, 5.41) is 8.96. The molecule has 1 aromatic rings. The standard InChI is InChI=1S/C8H9ClO2/c9-6-8(10)11-7-4-2-1-3-5-7/h1-5,8,10H,6H2/t8-/m0/s1. The molecule has 0 spiro atoms. The number of para-hydroxylation sites is 1. The SMILES string of the molecule is O[C@H](CCl)Oc1ccccc1. The molecule has 0 saturated heterocycles. The molecule has 0 heterocycles. The van der Waals surface area contributed by atoms with E-state index in [1.807, 2.05) is 18.2 Å². The van der Waals surface area contributed by atoms with Crippen LogP contribution in [0.1, 0.15) is 0 Å². The van der Waals surface area contributed by atoms with Crippen LogP contribution in [0.5, 0.6) is 5.75 Å². The Hall–Kier alpha value is -0.730. The maximum atomic E-state index is 8.96. The van der Waals surface area contributed by atoms with Crippen LogP contribution >= 0.6 is 11.6 Å². The van der Waals surface area contributed by atoms with Gasteiger partial charge in [0.2, 0.25) is 6.29 Å². The van der Waals surface area contributed by atoms with Crippen molar-refractivity contribution in [3.8, 4) is 5.75 Å². The molecule has 3 heteroatoms. The third kappa shape index (κ3) is 2.78. The van der Waals surface area contributed by atoms with E-state index in [4.69, 9.17) is 21.4 Å².